The van der Waals surface area contributed by atoms with Gasteiger partial charge in [0.2, 0.25) is 0 Å². The molecule has 2 aromatic rings. The Morgan fingerprint density at radius 2 is 1.81 bits per heavy atom. The quantitative estimate of drug-likeness (QED) is 0.841. The highest BCUT2D eigenvalue weighted by Crippen LogP contribution is 2.53. The van der Waals surface area contributed by atoms with Crippen molar-refractivity contribution in [2.75, 3.05) is 18.6 Å². The maximum Gasteiger partial charge on any atom is 0.118 e. The Labute approximate surface area is 126 Å². The average molecular weight is 279 g/mol. The summed E-state index contributed by atoms with van der Waals surface area (Å²) in [5, 5.41) is 0. The van der Waals surface area contributed by atoms with Crippen molar-refractivity contribution in [1.82, 2.24) is 0 Å². The molecule has 2 aromatic carbocycles. The number of para-hydroxylation sites is 1. The maximum absolute atomic E-state index is 5.24. The van der Waals surface area contributed by atoms with Crippen LogP contribution in [0, 0.1) is 5.41 Å². The normalized spacial score (nSPS) is 18.4. The number of hydrogen-bond donors (Lipinski definition) is 0. The fourth-order valence-corrected chi connectivity index (χ4v) is 3.52. The van der Waals surface area contributed by atoms with Crippen LogP contribution in [-0.4, -0.2) is 13.7 Å². The minimum atomic E-state index is 0.570. The van der Waals surface area contributed by atoms with Crippen LogP contribution in [0.1, 0.15) is 24.0 Å². The van der Waals surface area contributed by atoms with Crippen molar-refractivity contribution in [2.24, 2.45) is 5.41 Å². The molecule has 1 fully saturated rings. The molecule has 1 aliphatic carbocycles. The van der Waals surface area contributed by atoms with Gasteiger partial charge in [0, 0.05) is 18.8 Å². The van der Waals surface area contributed by atoms with E-state index in [-0.39, 0.29) is 0 Å². The Balaban J connectivity index is 1.61. The van der Waals surface area contributed by atoms with Gasteiger partial charge in [0.05, 0.1) is 7.11 Å². The summed E-state index contributed by atoms with van der Waals surface area (Å²) in [5.41, 5.74) is 4.87. The fourth-order valence-electron chi connectivity index (χ4n) is 3.52. The van der Waals surface area contributed by atoms with Gasteiger partial charge in [-0.2, -0.15) is 0 Å². The largest absolute Gasteiger partial charge is 0.497 e. The third kappa shape index (κ3) is 2.39. The van der Waals surface area contributed by atoms with Crippen LogP contribution in [0.15, 0.2) is 48.5 Å². The summed E-state index contributed by atoms with van der Waals surface area (Å²) in [6.45, 7) is 2.19. The zero-order valence-corrected chi connectivity index (χ0v) is 12.5. The van der Waals surface area contributed by atoms with Gasteiger partial charge in [-0.1, -0.05) is 30.3 Å². The van der Waals surface area contributed by atoms with Crippen LogP contribution in [0.3, 0.4) is 0 Å². The van der Waals surface area contributed by atoms with Gasteiger partial charge in [-0.15, -0.1) is 0 Å². The molecule has 21 heavy (non-hydrogen) atoms. The first-order valence-electron chi connectivity index (χ1n) is 7.74. The molecule has 0 saturated heterocycles. The SMILES string of the molecule is COc1ccc(CN2CC3(CC3)Cc3ccccc32)cc1. The molecule has 0 N–H and O–H groups in total. The van der Waals surface area contributed by atoms with E-state index < -0.39 is 0 Å². The summed E-state index contributed by atoms with van der Waals surface area (Å²) in [4.78, 5) is 2.56. The number of ether oxygens (including phenoxy) is 1. The zero-order valence-electron chi connectivity index (χ0n) is 12.5. The summed E-state index contributed by atoms with van der Waals surface area (Å²) in [6.07, 6.45) is 4.04. The van der Waals surface area contributed by atoms with Gasteiger partial charge in [-0.3, -0.25) is 0 Å². The predicted molar refractivity (Wildman–Crippen MR) is 85.9 cm³/mol. The Morgan fingerprint density at radius 1 is 1.05 bits per heavy atom. The van der Waals surface area contributed by atoms with Crippen LogP contribution >= 0.6 is 0 Å². The smallest absolute Gasteiger partial charge is 0.118 e. The van der Waals surface area contributed by atoms with Gasteiger partial charge in [0.15, 0.2) is 0 Å². The Hall–Kier alpha value is -1.96. The van der Waals surface area contributed by atoms with Crippen LogP contribution in [0.4, 0.5) is 5.69 Å². The molecule has 0 amide bonds. The van der Waals surface area contributed by atoms with Crippen LogP contribution in [0.25, 0.3) is 0 Å². The number of benzene rings is 2. The van der Waals surface area contributed by atoms with Crippen molar-refractivity contribution in [1.29, 1.82) is 0 Å². The van der Waals surface area contributed by atoms with Gasteiger partial charge in [-0.25, -0.2) is 0 Å². The second-order valence-corrected chi connectivity index (χ2v) is 6.51. The highest BCUT2D eigenvalue weighted by atomic mass is 16.5. The highest BCUT2D eigenvalue weighted by molar-refractivity contribution is 5.57. The van der Waals surface area contributed by atoms with Crippen molar-refractivity contribution < 1.29 is 4.74 Å². The van der Waals surface area contributed by atoms with Crippen molar-refractivity contribution in [3.8, 4) is 5.75 Å². The zero-order chi connectivity index (χ0) is 14.3. The molecule has 0 aromatic heterocycles. The molecule has 0 bridgehead atoms. The number of hydrogen-bond acceptors (Lipinski definition) is 2. The topological polar surface area (TPSA) is 12.5 Å². The fraction of sp³-hybridized carbons (Fsp3) is 0.368. The molecule has 1 spiro atoms. The number of fused-ring (bicyclic) bond motifs is 1. The Morgan fingerprint density at radius 3 is 2.52 bits per heavy atom. The summed E-state index contributed by atoms with van der Waals surface area (Å²) in [6, 6.07) is 17.4. The van der Waals surface area contributed by atoms with Gasteiger partial charge in [0.25, 0.3) is 0 Å². The van der Waals surface area contributed by atoms with Crippen LogP contribution in [0.2, 0.25) is 0 Å². The van der Waals surface area contributed by atoms with E-state index in [1.54, 1.807) is 7.11 Å². The lowest BCUT2D eigenvalue weighted by molar-refractivity contribution is 0.414. The van der Waals surface area contributed by atoms with Gasteiger partial charge >= 0.3 is 0 Å². The predicted octanol–water partition coefficient (Wildman–Crippen LogP) is 4.04. The van der Waals surface area contributed by atoms with Crippen LogP contribution < -0.4 is 9.64 Å². The first-order valence-corrected chi connectivity index (χ1v) is 7.74. The van der Waals surface area contributed by atoms with E-state index in [1.165, 1.54) is 42.6 Å². The number of anilines is 1. The molecule has 1 aliphatic heterocycles. The van der Waals surface area contributed by atoms with Crippen molar-refractivity contribution in [3.05, 3.63) is 59.7 Å². The van der Waals surface area contributed by atoms with Crippen LogP contribution in [-0.2, 0) is 13.0 Å². The van der Waals surface area contributed by atoms with Gasteiger partial charge in [-0.05, 0) is 54.0 Å². The number of rotatable bonds is 3. The third-order valence-corrected chi connectivity index (χ3v) is 4.91. The summed E-state index contributed by atoms with van der Waals surface area (Å²) in [7, 11) is 1.72. The van der Waals surface area contributed by atoms with E-state index in [2.05, 4.69) is 53.4 Å². The van der Waals surface area contributed by atoms with E-state index in [1.807, 2.05) is 0 Å². The van der Waals surface area contributed by atoms with Crippen LogP contribution in [0.5, 0.6) is 5.75 Å². The Bertz CT molecular complexity index is 643. The molecule has 0 unspecified atom stereocenters. The molecule has 2 nitrogen and oxygen atoms in total. The van der Waals surface area contributed by atoms with Gasteiger partial charge in [0.1, 0.15) is 5.75 Å². The standard InChI is InChI=1S/C19H21NO/c1-21-17-8-6-15(7-9-17)13-20-14-19(10-11-19)12-16-4-2-3-5-18(16)20/h2-9H,10-14H2,1H3. The van der Waals surface area contributed by atoms with Gasteiger partial charge < -0.3 is 9.64 Å². The first kappa shape index (κ1) is 12.8. The van der Waals surface area contributed by atoms with E-state index in [9.17, 15) is 0 Å². The molecule has 2 aliphatic rings. The molecule has 108 valence electrons. The van der Waals surface area contributed by atoms with E-state index in [0.717, 1.165) is 12.3 Å². The minimum Gasteiger partial charge on any atom is -0.497 e. The first-order chi connectivity index (χ1) is 10.3. The number of methoxy groups -OCH3 is 1. The lowest BCUT2D eigenvalue weighted by atomic mass is 9.89. The highest BCUT2D eigenvalue weighted by Gasteiger charge is 2.46. The molecular weight excluding hydrogens is 258 g/mol. The summed E-state index contributed by atoms with van der Waals surface area (Å²) >= 11 is 0. The van der Waals surface area contributed by atoms with E-state index in [0.29, 0.717) is 5.41 Å². The second-order valence-electron chi connectivity index (χ2n) is 6.51. The third-order valence-electron chi connectivity index (χ3n) is 4.91. The summed E-state index contributed by atoms with van der Waals surface area (Å²) in [5.74, 6) is 0.927. The monoisotopic (exact) mass is 279 g/mol. The molecule has 0 atom stereocenters. The van der Waals surface area contributed by atoms with E-state index >= 15 is 0 Å². The summed E-state index contributed by atoms with van der Waals surface area (Å²) < 4.78 is 5.24. The second kappa shape index (κ2) is 4.80. The molecule has 4 rings (SSSR count). The van der Waals surface area contributed by atoms with Crippen molar-refractivity contribution in [2.45, 2.75) is 25.8 Å². The molecule has 1 saturated carbocycles. The lowest BCUT2D eigenvalue weighted by Gasteiger charge is -2.36. The molecule has 2 heteroatoms. The number of nitrogens with zero attached hydrogens (tertiary/aromatic N) is 1. The molecule has 1 heterocycles. The minimum absolute atomic E-state index is 0.570. The lowest BCUT2D eigenvalue weighted by Crippen LogP contribution is -2.36. The van der Waals surface area contributed by atoms with E-state index in [4.69, 9.17) is 4.74 Å². The molecular formula is C19H21NO. The molecule has 0 radical (unpaired) electrons. The Kier molecular flexibility index (Phi) is 2.91. The van der Waals surface area contributed by atoms with Crippen molar-refractivity contribution >= 4 is 5.69 Å². The van der Waals surface area contributed by atoms with Crippen molar-refractivity contribution in [3.63, 3.8) is 0 Å². The maximum atomic E-state index is 5.24. The average Bonchev–Trinajstić information content (AvgIpc) is 3.26.